The molecule has 1 rings (SSSR count). The molecule has 0 amide bonds. The third kappa shape index (κ3) is 10.9. The molecule has 1 radical (unpaired) electrons. The van der Waals surface area contributed by atoms with Gasteiger partial charge in [-0.1, -0.05) is 101 Å². The van der Waals surface area contributed by atoms with E-state index in [1.165, 1.54) is 44.9 Å². The van der Waals surface area contributed by atoms with Gasteiger partial charge in [0.15, 0.2) is 0 Å². The van der Waals surface area contributed by atoms with Crippen LogP contribution in [0.15, 0.2) is 30.3 Å². The van der Waals surface area contributed by atoms with Crippen LogP contribution < -0.4 is 0 Å². The van der Waals surface area contributed by atoms with Crippen LogP contribution in [0.5, 0.6) is 0 Å². The minimum Gasteiger partial charge on any atom is -0.285 e. The summed E-state index contributed by atoms with van der Waals surface area (Å²) in [6, 6.07) is 9.02. The molecule has 0 bridgehead atoms. The molecule has 0 saturated carbocycles. The quantitative estimate of drug-likeness (QED) is 0.284. The summed E-state index contributed by atoms with van der Waals surface area (Å²) in [5.41, 5.74) is 0.686. The minimum absolute atomic E-state index is 0. The van der Waals surface area contributed by atoms with Gasteiger partial charge in [0, 0.05) is 29.6 Å². The zero-order chi connectivity index (χ0) is 17.0. The number of benzene rings is 1. The number of hydrogen-bond acceptors (Lipinski definition) is 2. The van der Waals surface area contributed by atoms with Crippen LogP contribution in [0.2, 0.25) is 0 Å². The summed E-state index contributed by atoms with van der Waals surface area (Å²) in [7, 11) is -4.03. The normalized spacial score (nSPS) is 12.6. The summed E-state index contributed by atoms with van der Waals surface area (Å²) in [6.07, 6.45) is 12.7. The molecule has 1 N–H and O–H groups in total. The SMILES string of the molecule is CCCCCCCCCCCCC(c1ccccc1)S(=O)(=O)O.[Na]. The third-order valence-corrected chi connectivity index (χ3v) is 5.58. The van der Waals surface area contributed by atoms with Crippen LogP contribution in [0, 0.1) is 0 Å². The van der Waals surface area contributed by atoms with E-state index in [0.717, 1.165) is 19.3 Å². The van der Waals surface area contributed by atoms with Crippen molar-refractivity contribution in [2.24, 2.45) is 0 Å². The molecule has 0 saturated heterocycles. The molecule has 0 aliphatic rings. The monoisotopic (exact) mass is 363 g/mol. The van der Waals surface area contributed by atoms with Crippen molar-refractivity contribution in [1.82, 2.24) is 0 Å². The van der Waals surface area contributed by atoms with Crippen molar-refractivity contribution >= 4 is 39.7 Å². The molecular weight excluding hydrogens is 331 g/mol. The Labute approximate surface area is 170 Å². The van der Waals surface area contributed by atoms with Crippen LogP contribution in [0.4, 0.5) is 0 Å². The van der Waals surface area contributed by atoms with Gasteiger partial charge in [-0.3, -0.25) is 4.55 Å². The summed E-state index contributed by atoms with van der Waals surface area (Å²) in [4.78, 5) is 0. The third-order valence-electron chi connectivity index (χ3n) is 4.35. The molecular formula is C19H32NaO3S. The first-order chi connectivity index (χ1) is 11.1. The summed E-state index contributed by atoms with van der Waals surface area (Å²) >= 11 is 0. The second-order valence-corrected chi connectivity index (χ2v) is 7.98. The molecule has 1 unspecified atom stereocenters. The fourth-order valence-electron chi connectivity index (χ4n) is 2.97. The van der Waals surface area contributed by atoms with Gasteiger partial charge in [0.05, 0.1) is 0 Å². The smallest absolute Gasteiger partial charge is 0.271 e. The van der Waals surface area contributed by atoms with E-state index in [9.17, 15) is 13.0 Å². The Kier molecular flexibility index (Phi) is 14.4. The fraction of sp³-hybridized carbons (Fsp3) is 0.684. The van der Waals surface area contributed by atoms with E-state index in [4.69, 9.17) is 0 Å². The first-order valence-corrected chi connectivity index (χ1v) is 10.6. The van der Waals surface area contributed by atoms with E-state index >= 15 is 0 Å². The molecule has 0 fully saturated rings. The van der Waals surface area contributed by atoms with Gasteiger partial charge in [0.25, 0.3) is 10.1 Å². The van der Waals surface area contributed by atoms with Crippen LogP contribution >= 0.6 is 0 Å². The predicted molar refractivity (Wildman–Crippen MR) is 103 cm³/mol. The molecule has 1 aromatic rings. The van der Waals surface area contributed by atoms with Crippen LogP contribution in [0.1, 0.15) is 88.4 Å². The Balaban J connectivity index is 0.00000529. The van der Waals surface area contributed by atoms with E-state index in [0.29, 0.717) is 12.0 Å². The van der Waals surface area contributed by atoms with E-state index in [1.807, 2.05) is 18.2 Å². The summed E-state index contributed by atoms with van der Waals surface area (Å²) in [6.45, 7) is 2.23. The minimum atomic E-state index is -4.03. The second kappa shape index (κ2) is 14.3. The van der Waals surface area contributed by atoms with E-state index < -0.39 is 15.4 Å². The largest absolute Gasteiger partial charge is 0.285 e. The Hall–Kier alpha value is 0.130. The first-order valence-electron chi connectivity index (χ1n) is 9.07. The summed E-state index contributed by atoms with van der Waals surface area (Å²) in [5, 5.41) is -0.780. The summed E-state index contributed by atoms with van der Waals surface area (Å²) in [5.74, 6) is 0. The fourth-order valence-corrected chi connectivity index (χ4v) is 3.94. The van der Waals surface area contributed by atoms with Crippen molar-refractivity contribution in [2.75, 3.05) is 0 Å². The van der Waals surface area contributed by atoms with Crippen LogP contribution in [-0.2, 0) is 10.1 Å². The van der Waals surface area contributed by atoms with Crippen LogP contribution in [-0.4, -0.2) is 42.5 Å². The molecule has 1 atom stereocenters. The Morgan fingerprint density at radius 3 is 1.75 bits per heavy atom. The number of unbranched alkanes of at least 4 members (excludes halogenated alkanes) is 9. The number of rotatable bonds is 13. The molecule has 1 aromatic carbocycles. The van der Waals surface area contributed by atoms with Crippen molar-refractivity contribution in [3.63, 3.8) is 0 Å². The van der Waals surface area contributed by atoms with Gasteiger partial charge in [0.2, 0.25) is 0 Å². The van der Waals surface area contributed by atoms with Crippen LogP contribution in [0.25, 0.3) is 0 Å². The topological polar surface area (TPSA) is 54.4 Å². The maximum absolute atomic E-state index is 11.6. The molecule has 0 aliphatic heterocycles. The molecule has 24 heavy (non-hydrogen) atoms. The van der Waals surface area contributed by atoms with E-state index in [-0.39, 0.29) is 29.6 Å². The van der Waals surface area contributed by atoms with Gasteiger partial charge in [-0.2, -0.15) is 8.42 Å². The standard InChI is InChI=1S/C19H32O3S.Na/c1-2-3-4-5-6-7-8-9-10-14-17-19(23(20,21)22)18-15-12-11-13-16-18;/h11-13,15-16,19H,2-10,14,17H2,1H3,(H,20,21,22);. The Bertz CT molecular complexity index is 503. The van der Waals surface area contributed by atoms with Gasteiger partial charge >= 0.3 is 0 Å². The average molecular weight is 364 g/mol. The van der Waals surface area contributed by atoms with Crippen molar-refractivity contribution in [1.29, 1.82) is 0 Å². The molecule has 0 spiro atoms. The first kappa shape index (κ1) is 24.1. The molecule has 3 nitrogen and oxygen atoms in total. The van der Waals surface area contributed by atoms with E-state index in [2.05, 4.69) is 6.92 Å². The zero-order valence-electron chi connectivity index (χ0n) is 15.4. The molecule has 133 valence electrons. The predicted octanol–water partition coefficient (Wildman–Crippen LogP) is 5.55. The zero-order valence-corrected chi connectivity index (χ0v) is 18.2. The molecule has 0 heterocycles. The van der Waals surface area contributed by atoms with Crippen LogP contribution in [0.3, 0.4) is 0 Å². The summed E-state index contributed by atoms with van der Waals surface area (Å²) < 4.78 is 32.6. The molecule has 0 aliphatic carbocycles. The number of hydrogen-bond donors (Lipinski definition) is 1. The Morgan fingerprint density at radius 2 is 1.29 bits per heavy atom. The van der Waals surface area contributed by atoms with Gasteiger partial charge in [-0.15, -0.1) is 0 Å². The maximum atomic E-state index is 11.6. The molecule has 0 aromatic heterocycles. The second-order valence-electron chi connectivity index (χ2n) is 6.38. The molecule has 5 heteroatoms. The Morgan fingerprint density at radius 1 is 0.833 bits per heavy atom. The van der Waals surface area contributed by atoms with E-state index in [1.54, 1.807) is 12.1 Å². The van der Waals surface area contributed by atoms with Crippen molar-refractivity contribution < 1.29 is 13.0 Å². The van der Waals surface area contributed by atoms with Gasteiger partial charge in [-0.05, 0) is 12.0 Å². The van der Waals surface area contributed by atoms with Crippen molar-refractivity contribution in [3.05, 3.63) is 35.9 Å². The van der Waals surface area contributed by atoms with Gasteiger partial charge in [0.1, 0.15) is 5.25 Å². The van der Waals surface area contributed by atoms with Crippen molar-refractivity contribution in [3.8, 4) is 0 Å². The average Bonchev–Trinajstić information content (AvgIpc) is 2.52. The van der Waals surface area contributed by atoms with Crippen molar-refractivity contribution in [2.45, 2.75) is 82.8 Å². The van der Waals surface area contributed by atoms with Gasteiger partial charge in [-0.25, -0.2) is 0 Å². The maximum Gasteiger partial charge on any atom is 0.271 e. The van der Waals surface area contributed by atoms with Gasteiger partial charge < -0.3 is 0 Å².